The molecule has 2 aliphatic heterocycles. The number of aliphatic hydroxyl groups is 1. The predicted molar refractivity (Wildman–Crippen MR) is 118 cm³/mol. The lowest BCUT2D eigenvalue weighted by atomic mass is 9.71. The molecule has 3 N–H and O–H groups in total. The zero-order valence-electron chi connectivity index (χ0n) is 18.3. The standard InChI is InChI=1S/C23H30N4O5/c1-15(28)24-17-6-4-7-18(13-17)27-21(30)19(25-22(27)31)8-9-20(29)26-12-11-23(32)10-3-2-5-16(23)14-26/h4,6-7,13,16,19,32H,2-3,5,8-12,14H2,1H3,(H,24,28)(H,25,31)/t16-,19+,23+/m0/s1. The molecule has 1 saturated carbocycles. The van der Waals surface area contributed by atoms with Crippen molar-refractivity contribution in [1.82, 2.24) is 10.2 Å². The number of anilines is 2. The Kier molecular flexibility index (Phi) is 6.19. The van der Waals surface area contributed by atoms with Crippen LogP contribution in [0.4, 0.5) is 16.2 Å². The van der Waals surface area contributed by atoms with E-state index in [-0.39, 0.29) is 30.6 Å². The molecule has 1 aromatic carbocycles. The molecule has 2 heterocycles. The Hall–Kier alpha value is -2.94. The molecule has 3 fully saturated rings. The van der Waals surface area contributed by atoms with E-state index in [1.54, 1.807) is 29.2 Å². The number of likely N-dealkylation sites (tertiary alicyclic amines) is 1. The van der Waals surface area contributed by atoms with Crippen LogP contribution in [0, 0.1) is 5.92 Å². The van der Waals surface area contributed by atoms with Gasteiger partial charge in [-0.25, -0.2) is 9.69 Å². The van der Waals surface area contributed by atoms with Crippen LogP contribution in [0.1, 0.15) is 51.9 Å². The predicted octanol–water partition coefficient (Wildman–Crippen LogP) is 2.00. The van der Waals surface area contributed by atoms with Gasteiger partial charge in [0, 0.05) is 38.0 Å². The lowest BCUT2D eigenvalue weighted by Crippen LogP contribution is -2.54. The summed E-state index contributed by atoms with van der Waals surface area (Å²) in [5.41, 5.74) is 0.207. The maximum absolute atomic E-state index is 12.9. The number of imide groups is 1. The van der Waals surface area contributed by atoms with Gasteiger partial charge in [-0.3, -0.25) is 14.4 Å². The van der Waals surface area contributed by atoms with E-state index in [4.69, 9.17) is 0 Å². The lowest BCUT2D eigenvalue weighted by molar-refractivity contribution is -0.143. The van der Waals surface area contributed by atoms with E-state index in [0.717, 1.165) is 30.6 Å². The van der Waals surface area contributed by atoms with Gasteiger partial charge in [-0.1, -0.05) is 18.9 Å². The normalized spacial score (nSPS) is 27.7. The third-order valence-electron chi connectivity index (χ3n) is 6.87. The van der Waals surface area contributed by atoms with Gasteiger partial charge in [0.1, 0.15) is 6.04 Å². The average molecular weight is 443 g/mol. The van der Waals surface area contributed by atoms with Crippen LogP contribution < -0.4 is 15.5 Å². The van der Waals surface area contributed by atoms with Gasteiger partial charge in [0.25, 0.3) is 5.91 Å². The maximum Gasteiger partial charge on any atom is 0.329 e. The van der Waals surface area contributed by atoms with Crippen molar-refractivity contribution in [2.75, 3.05) is 23.3 Å². The summed E-state index contributed by atoms with van der Waals surface area (Å²) in [7, 11) is 0. The van der Waals surface area contributed by atoms with Crippen molar-refractivity contribution >= 4 is 35.1 Å². The average Bonchev–Trinajstić information content (AvgIpc) is 3.04. The van der Waals surface area contributed by atoms with Crippen molar-refractivity contribution in [3.8, 4) is 0 Å². The van der Waals surface area contributed by atoms with Crippen molar-refractivity contribution in [2.45, 2.75) is 63.5 Å². The fraction of sp³-hybridized carbons (Fsp3) is 0.565. The van der Waals surface area contributed by atoms with Crippen molar-refractivity contribution in [3.05, 3.63) is 24.3 Å². The van der Waals surface area contributed by atoms with Crippen LogP contribution in [0.5, 0.6) is 0 Å². The van der Waals surface area contributed by atoms with Crippen LogP contribution in [0.15, 0.2) is 24.3 Å². The van der Waals surface area contributed by atoms with Crippen LogP contribution in [-0.2, 0) is 14.4 Å². The molecule has 9 heteroatoms. The number of nitrogens with zero attached hydrogens (tertiary/aromatic N) is 2. The summed E-state index contributed by atoms with van der Waals surface area (Å²) in [5.74, 6) is -0.595. The molecule has 3 aliphatic rings. The number of fused-ring (bicyclic) bond motifs is 1. The van der Waals surface area contributed by atoms with Gasteiger partial charge in [0.05, 0.1) is 11.3 Å². The second-order valence-corrected chi connectivity index (χ2v) is 9.08. The Morgan fingerprint density at radius 2 is 2.06 bits per heavy atom. The molecule has 32 heavy (non-hydrogen) atoms. The number of piperidine rings is 1. The molecule has 4 rings (SSSR count). The minimum absolute atomic E-state index is 0.0502. The van der Waals surface area contributed by atoms with E-state index >= 15 is 0 Å². The van der Waals surface area contributed by atoms with Crippen molar-refractivity contribution < 1.29 is 24.3 Å². The highest BCUT2D eigenvalue weighted by atomic mass is 16.3. The van der Waals surface area contributed by atoms with E-state index in [0.29, 0.717) is 30.9 Å². The smallest absolute Gasteiger partial charge is 0.329 e. The Bertz CT molecular complexity index is 935. The number of urea groups is 1. The highest BCUT2D eigenvalue weighted by molar-refractivity contribution is 6.21. The Morgan fingerprint density at radius 1 is 1.25 bits per heavy atom. The Labute approximate surface area is 187 Å². The lowest BCUT2D eigenvalue weighted by Gasteiger charge is -2.47. The molecule has 0 unspecified atom stereocenters. The molecule has 0 spiro atoms. The number of benzene rings is 1. The number of hydrogen-bond donors (Lipinski definition) is 3. The molecule has 0 bridgehead atoms. The number of hydrogen-bond acceptors (Lipinski definition) is 5. The minimum atomic E-state index is -0.771. The molecule has 5 amide bonds. The number of carbonyl (C=O) groups excluding carboxylic acids is 4. The minimum Gasteiger partial charge on any atom is -0.389 e. The van der Waals surface area contributed by atoms with E-state index in [9.17, 15) is 24.3 Å². The molecule has 1 aliphatic carbocycles. The first kappa shape index (κ1) is 22.3. The highest BCUT2D eigenvalue weighted by Crippen LogP contribution is 2.40. The molecule has 1 aromatic rings. The molecule has 3 atom stereocenters. The van der Waals surface area contributed by atoms with Crippen molar-refractivity contribution in [1.29, 1.82) is 0 Å². The second kappa shape index (κ2) is 8.90. The van der Waals surface area contributed by atoms with E-state index in [2.05, 4.69) is 10.6 Å². The maximum atomic E-state index is 12.9. The fourth-order valence-corrected chi connectivity index (χ4v) is 5.12. The zero-order chi connectivity index (χ0) is 22.9. The summed E-state index contributed by atoms with van der Waals surface area (Å²) in [5, 5.41) is 16.1. The van der Waals surface area contributed by atoms with E-state index in [1.165, 1.54) is 6.92 Å². The van der Waals surface area contributed by atoms with Gasteiger partial charge in [-0.15, -0.1) is 0 Å². The van der Waals surface area contributed by atoms with Gasteiger partial charge in [0.2, 0.25) is 11.8 Å². The number of carbonyl (C=O) groups is 4. The number of amides is 5. The molecule has 0 radical (unpaired) electrons. The summed E-state index contributed by atoms with van der Waals surface area (Å²) in [4.78, 5) is 52.2. The molecular weight excluding hydrogens is 412 g/mol. The van der Waals surface area contributed by atoms with Gasteiger partial charge < -0.3 is 20.6 Å². The van der Waals surface area contributed by atoms with Crippen LogP contribution in [-0.4, -0.2) is 58.5 Å². The topological polar surface area (TPSA) is 119 Å². The van der Waals surface area contributed by atoms with Crippen molar-refractivity contribution in [3.63, 3.8) is 0 Å². The third-order valence-corrected chi connectivity index (χ3v) is 6.87. The molecule has 9 nitrogen and oxygen atoms in total. The summed E-state index contributed by atoms with van der Waals surface area (Å²) >= 11 is 0. The number of rotatable bonds is 5. The first-order valence-electron chi connectivity index (χ1n) is 11.3. The Balaban J connectivity index is 1.35. The first-order valence-corrected chi connectivity index (χ1v) is 11.3. The molecule has 0 aromatic heterocycles. The van der Waals surface area contributed by atoms with Crippen LogP contribution >= 0.6 is 0 Å². The molecular formula is C23H30N4O5. The third kappa shape index (κ3) is 4.48. The van der Waals surface area contributed by atoms with E-state index < -0.39 is 23.6 Å². The van der Waals surface area contributed by atoms with Crippen LogP contribution in [0.25, 0.3) is 0 Å². The van der Waals surface area contributed by atoms with Crippen LogP contribution in [0.2, 0.25) is 0 Å². The summed E-state index contributed by atoms with van der Waals surface area (Å²) in [6.45, 7) is 2.46. The monoisotopic (exact) mass is 442 g/mol. The quantitative estimate of drug-likeness (QED) is 0.603. The van der Waals surface area contributed by atoms with Crippen LogP contribution in [0.3, 0.4) is 0 Å². The van der Waals surface area contributed by atoms with Gasteiger partial charge in [-0.05, 0) is 43.9 Å². The molecule has 2 saturated heterocycles. The fourth-order valence-electron chi connectivity index (χ4n) is 5.12. The SMILES string of the molecule is CC(=O)Nc1cccc(N2C(=O)N[C@H](CCC(=O)N3CC[C@]4(O)CCCC[C@H]4C3)C2=O)c1. The highest BCUT2D eigenvalue weighted by Gasteiger charge is 2.44. The van der Waals surface area contributed by atoms with Crippen molar-refractivity contribution in [2.24, 2.45) is 5.92 Å². The summed E-state index contributed by atoms with van der Waals surface area (Å²) < 4.78 is 0. The number of nitrogens with one attached hydrogen (secondary N) is 2. The summed E-state index contributed by atoms with van der Waals surface area (Å²) in [6, 6.07) is 5.19. The summed E-state index contributed by atoms with van der Waals surface area (Å²) in [6.07, 6.45) is 4.83. The Morgan fingerprint density at radius 3 is 2.84 bits per heavy atom. The second-order valence-electron chi connectivity index (χ2n) is 9.08. The van der Waals surface area contributed by atoms with E-state index in [1.807, 2.05) is 0 Å². The molecule has 172 valence electrons. The largest absolute Gasteiger partial charge is 0.389 e. The van der Waals surface area contributed by atoms with Gasteiger partial charge >= 0.3 is 6.03 Å². The zero-order valence-corrected chi connectivity index (χ0v) is 18.3. The van der Waals surface area contributed by atoms with Gasteiger partial charge in [-0.2, -0.15) is 0 Å². The van der Waals surface area contributed by atoms with Gasteiger partial charge in [0.15, 0.2) is 0 Å². The first-order chi connectivity index (χ1) is 15.3.